The van der Waals surface area contributed by atoms with Crippen LogP contribution >= 0.6 is 22.7 Å². The lowest BCUT2D eigenvalue weighted by Crippen LogP contribution is -2.17. The van der Waals surface area contributed by atoms with Gasteiger partial charge in [0.25, 0.3) is 0 Å². The number of carbonyl (C=O) groups excluding carboxylic acids is 1. The molecule has 28 heavy (non-hydrogen) atoms. The van der Waals surface area contributed by atoms with E-state index in [0.717, 1.165) is 44.9 Å². The van der Waals surface area contributed by atoms with E-state index < -0.39 is 0 Å². The summed E-state index contributed by atoms with van der Waals surface area (Å²) in [6.45, 7) is 3.97. The van der Waals surface area contributed by atoms with E-state index in [4.69, 9.17) is 9.47 Å². The van der Waals surface area contributed by atoms with Crippen LogP contribution in [0.25, 0.3) is 20.4 Å². The summed E-state index contributed by atoms with van der Waals surface area (Å²) < 4.78 is 15.5. The molecule has 0 unspecified atom stereocenters. The molecule has 1 aliphatic rings. The molecule has 0 fully saturated rings. The molecular formula is C20H17N3O3S2. The van der Waals surface area contributed by atoms with Crippen LogP contribution in [-0.2, 0) is 6.54 Å². The van der Waals surface area contributed by atoms with Crippen molar-refractivity contribution in [3.05, 3.63) is 46.2 Å². The minimum absolute atomic E-state index is 0.310. The van der Waals surface area contributed by atoms with Crippen molar-refractivity contribution < 1.29 is 14.3 Å². The second kappa shape index (κ2) is 7.03. The summed E-state index contributed by atoms with van der Waals surface area (Å²) in [5.74, 6) is 1.17. The fourth-order valence-electron chi connectivity index (χ4n) is 3.23. The Labute approximate surface area is 168 Å². The number of amides is 1. The van der Waals surface area contributed by atoms with E-state index in [1.165, 1.54) is 22.7 Å². The summed E-state index contributed by atoms with van der Waals surface area (Å²) in [7, 11) is 0. The molecule has 2 aromatic heterocycles. The third kappa shape index (κ3) is 2.98. The lowest BCUT2D eigenvalue weighted by Gasteiger charge is -2.18. The van der Waals surface area contributed by atoms with Gasteiger partial charge in [0.05, 0.1) is 20.4 Å². The van der Waals surface area contributed by atoms with Gasteiger partial charge in [0.15, 0.2) is 21.3 Å². The largest absolute Gasteiger partial charge is 0.486 e. The quantitative estimate of drug-likeness (QED) is 0.506. The van der Waals surface area contributed by atoms with Crippen molar-refractivity contribution >= 4 is 49.0 Å². The number of nitrogens with zero attached hydrogens (tertiary/aromatic N) is 3. The molecule has 0 bridgehead atoms. The van der Waals surface area contributed by atoms with Gasteiger partial charge in [0.1, 0.15) is 13.2 Å². The molecule has 0 spiro atoms. The van der Waals surface area contributed by atoms with Crippen molar-refractivity contribution in [3.8, 4) is 11.5 Å². The molecule has 142 valence electrons. The molecule has 0 N–H and O–H groups in total. The number of hydrogen-bond donors (Lipinski definition) is 0. The van der Waals surface area contributed by atoms with Crippen LogP contribution in [0.2, 0.25) is 0 Å². The fraction of sp³-hybridized carbons (Fsp3) is 0.250. The number of hydrogen-bond acceptors (Lipinski definition) is 6. The maximum absolute atomic E-state index is 12.8. The Kier molecular flexibility index (Phi) is 4.37. The van der Waals surface area contributed by atoms with Crippen molar-refractivity contribution in [3.63, 3.8) is 0 Å². The number of benzene rings is 2. The van der Waals surface area contributed by atoms with Crippen LogP contribution in [0.5, 0.6) is 11.5 Å². The Balaban J connectivity index is 1.63. The molecule has 1 aliphatic heterocycles. The summed E-state index contributed by atoms with van der Waals surface area (Å²) >= 11 is 2.86. The number of para-hydroxylation sites is 1. The van der Waals surface area contributed by atoms with Crippen molar-refractivity contribution in [2.45, 2.75) is 19.9 Å². The smallest absolute Gasteiger partial charge is 0.308 e. The highest BCUT2D eigenvalue weighted by Crippen LogP contribution is 2.35. The highest BCUT2D eigenvalue weighted by Gasteiger charge is 2.17. The number of fused-ring (bicyclic) bond motifs is 3. The normalized spacial score (nSPS) is 14.1. The first-order chi connectivity index (χ1) is 13.7. The molecule has 0 saturated carbocycles. The van der Waals surface area contributed by atoms with Crippen LogP contribution in [0.1, 0.15) is 23.1 Å². The SMILES string of the molecule is CCCn1c(=NC(=O)c2nc3ccccc3s2)sc2cc3c(cc21)OCCO3. The molecule has 5 rings (SSSR count). The second-order valence-electron chi connectivity index (χ2n) is 6.40. The van der Waals surface area contributed by atoms with Crippen LogP contribution in [0, 0.1) is 0 Å². The Morgan fingerprint density at radius 3 is 2.71 bits per heavy atom. The van der Waals surface area contributed by atoms with Crippen molar-refractivity contribution in [1.82, 2.24) is 9.55 Å². The third-order valence-electron chi connectivity index (χ3n) is 4.47. The number of carbonyl (C=O) groups is 1. The Bertz CT molecular complexity index is 1240. The van der Waals surface area contributed by atoms with Crippen LogP contribution < -0.4 is 14.3 Å². The van der Waals surface area contributed by atoms with E-state index in [1.54, 1.807) is 0 Å². The Morgan fingerprint density at radius 2 is 1.93 bits per heavy atom. The first kappa shape index (κ1) is 17.4. The van der Waals surface area contributed by atoms with Gasteiger partial charge in [-0.25, -0.2) is 4.98 Å². The zero-order valence-electron chi connectivity index (χ0n) is 15.2. The van der Waals surface area contributed by atoms with Gasteiger partial charge in [-0.1, -0.05) is 30.4 Å². The average molecular weight is 412 g/mol. The molecule has 6 nitrogen and oxygen atoms in total. The highest BCUT2D eigenvalue weighted by molar-refractivity contribution is 7.20. The molecule has 2 aromatic carbocycles. The molecule has 3 heterocycles. The van der Waals surface area contributed by atoms with Crippen molar-refractivity contribution in [2.24, 2.45) is 4.99 Å². The zero-order chi connectivity index (χ0) is 19.1. The third-order valence-corrected chi connectivity index (χ3v) is 6.53. The monoisotopic (exact) mass is 411 g/mol. The molecule has 0 saturated heterocycles. The lowest BCUT2D eigenvalue weighted by molar-refractivity contribution is 0.0997. The predicted octanol–water partition coefficient (Wildman–Crippen LogP) is 4.23. The minimum atomic E-state index is -0.310. The Hall–Kier alpha value is -2.71. The number of aryl methyl sites for hydroxylation is 1. The number of thiazole rings is 2. The standard InChI is InChI=1S/C20H17N3O3S2/c1-2-7-23-13-10-14-15(26-9-8-25-14)11-17(13)28-20(23)22-18(24)19-21-12-5-3-4-6-16(12)27-19/h3-6,10-11H,2,7-9H2,1H3. The van der Waals surface area contributed by atoms with Gasteiger partial charge in [-0.05, 0) is 18.6 Å². The molecule has 8 heteroatoms. The Morgan fingerprint density at radius 1 is 1.14 bits per heavy atom. The van der Waals surface area contributed by atoms with Gasteiger partial charge in [-0.3, -0.25) is 4.79 Å². The van der Waals surface area contributed by atoms with Gasteiger partial charge in [0.2, 0.25) is 0 Å². The first-order valence-electron chi connectivity index (χ1n) is 9.10. The molecule has 0 atom stereocenters. The van der Waals surface area contributed by atoms with Crippen LogP contribution in [0.15, 0.2) is 41.4 Å². The van der Waals surface area contributed by atoms with Gasteiger partial charge in [-0.2, -0.15) is 4.99 Å². The predicted molar refractivity (Wildman–Crippen MR) is 111 cm³/mol. The number of ether oxygens (including phenoxy) is 2. The fourth-order valence-corrected chi connectivity index (χ4v) is 5.14. The average Bonchev–Trinajstić information content (AvgIpc) is 3.28. The van der Waals surface area contributed by atoms with Gasteiger partial charge >= 0.3 is 5.91 Å². The second-order valence-corrected chi connectivity index (χ2v) is 8.44. The summed E-state index contributed by atoms with van der Waals surface area (Å²) in [6.07, 6.45) is 0.933. The summed E-state index contributed by atoms with van der Waals surface area (Å²) in [6, 6.07) is 11.7. The van der Waals surface area contributed by atoms with Crippen molar-refractivity contribution in [2.75, 3.05) is 13.2 Å². The molecular weight excluding hydrogens is 394 g/mol. The van der Waals surface area contributed by atoms with Crippen LogP contribution in [0.3, 0.4) is 0 Å². The van der Waals surface area contributed by atoms with E-state index in [1.807, 2.05) is 36.4 Å². The first-order valence-corrected chi connectivity index (χ1v) is 10.7. The lowest BCUT2D eigenvalue weighted by atomic mass is 10.2. The van der Waals surface area contributed by atoms with Gasteiger partial charge < -0.3 is 14.0 Å². The molecule has 0 aliphatic carbocycles. The van der Waals surface area contributed by atoms with E-state index in [-0.39, 0.29) is 5.91 Å². The minimum Gasteiger partial charge on any atom is -0.486 e. The van der Waals surface area contributed by atoms with E-state index in [9.17, 15) is 4.79 Å². The van der Waals surface area contributed by atoms with Crippen LogP contribution in [0.4, 0.5) is 0 Å². The molecule has 0 radical (unpaired) electrons. The maximum atomic E-state index is 12.8. The van der Waals surface area contributed by atoms with E-state index in [2.05, 4.69) is 21.5 Å². The summed E-state index contributed by atoms with van der Waals surface area (Å²) in [4.78, 5) is 22.3. The topological polar surface area (TPSA) is 65.7 Å². The molecule has 4 aromatic rings. The zero-order valence-corrected chi connectivity index (χ0v) is 16.8. The van der Waals surface area contributed by atoms with E-state index >= 15 is 0 Å². The summed E-state index contributed by atoms with van der Waals surface area (Å²) in [5.41, 5.74) is 1.83. The van der Waals surface area contributed by atoms with Gasteiger partial charge in [0, 0.05) is 18.7 Å². The number of rotatable bonds is 3. The van der Waals surface area contributed by atoms with Gasteiger partial charge in [-0.15, -0.1) is 11.3 Å². The molecule has 1 amide bonds. The highest BCUT2D eigenvalue weighted by atomic mass is 32.1. The summed E-state index contributed by atoms with van der Waals surface area (Å²) in [5, 5.41) is 0.410. The number of aromatic nitrogens is 2. The maximum Gasteiger partial charge on any atom is 0.308 e. The van der Waals surface area contributed by atoms with Crippen molar-refractivity contribution in [1.29, 1.82) is 0 Å². The van der Waals surface area contributed by atoms with Crippen LogP contribution in [-0.4, -0.2) is 28.7 Å². The van der Waals surface area contributed by atoms with E-state index in [0.29, 0.717) is 23.0 Å².